The number of hydrogen-bond acceptors (Lipinski definition) is 8. The number of aromatic nitrogens is 6. The van der Waals surface area contributed by atoms with E-state index in [9.17, 15) is 0 Å². The van der Waals surface area contributed by atoms with Crippen LogP contribution in [0.2, 0.25) is 0 Å². The molecule has 9 heteroatoms. The summed E-state index contributed by atoms with van der Waals surface area (Å²) in [5, 5.41) is 3.39. The molecule has 3 aromatic rings. The maximum atomic E-state index is 5.59. The molecular weight excluding hydrogens is 428 g/mol. The standard InChI is InChI=1S/C25H38N8O/c1-16(2)14-33-15-27-18-21(32-9-11-34-12-10-32)29-20(30-22(18)33)17-13-26-23(31-25(6,7)8)28-19(17)24(3,4)5/h13,15-16H,9-12,14H2,1-8H3,(H,26,28,31). The molecule has 184 valence electrons. The Bertz CT molecular complexity index is 1150. The van der Waals surface area contributed by atoms with Gasteiger partial charge in [-0.3, -0.25) is 0 Å². The summed E-state index contributed by atoms with van der Waals surface area (Å²) in [5.74, 6) is 2.56. The summed E-state index contributed by atoms with van der Waals surface area (Å²) in [7, 11) is 0. The van der Waals surface area contributed by atoms with Gasteiger partial charge in [-0.15, -0.1) is 0 Å². The van der Waals surface area contributed by atoms with E-state index in [-0.39, 0.29) is 11.0 Å². The second-order valence-corrected chi connectivity index (χ2v) is 11.5. The van der Waals surface area contributed by atoms with Gasteiger partial charge in [0.25, 0.3) is 0 Å². The Morgan fingerprint density at radius 2 is 1.71 bits per heavy atom. The van der Waals surface area contributed by atoms with Crippen LogP contribution in [-0.4, -0.2) is 61.3 Å². The minimum Gasteiger partial charge on any atom is -0.378 e. The minimum absolute atomic E-state index is 0.140. The molecule has 4 rings (SSSR count). The Morgan fingerprint density at radius 3 is 2.32 bits per heavy atom. The van der Waals surface area contributed by atoms with Crippen molar-refractivity contribution in [1.29, 1.82) is 0 Å². The number of morpholine rings is 1. The van der Waals surface area contributed by atoms with Gasteiger partial charge < -0.3 is 19.5 Å². The van der Waals surface area contributed by atoms with Crippen LogP contribution in [0.4, 0.5) is 11.8 Å². The van der Waals surface area contributed by atoms with Gasteiger partial charge in [-0.05, 0) is 26.7 Å². The molecule has 0 bridgehead atoms. The molecule has 1 aliphatic heterocycles. The molecule has 1 aliphatic rings. The van der Waals surface area contributed by atoms with Crippen LogP contribution in [-0.2, 0) is 16.7 Å². The molecule has 4 heterocycles. The number of nitrogens with zero attached hydrogens (tertiary/aromatic N) is 7. The van der Waals surface area contributed by atoms with E-state index in [1.54, 1.807) is 0 Å². The fraction of sp³-hybridized carbons (Fsp3) is 0.640. The number of hydrogen-bond donors (Lipinski definition) is 1. The van der Waals surface area contributed by atoms with Crippen molar-refractivity contribution in [3.63, 3.8) is 0 Å². The van der Waals surface area contributed by atoms with E-state index in [0.29, 0.717) is 30.9 Å². The highest BCUT2D eigenvalue weighted by Crippen LogP contribution is 2.33. The molecule has 0 aliphatic carbocycles. The normalized spacial score (nSPS) is 15.4. The highest BCUT2D eigenvalue weighted by atomic mass is 16.5. The highest BCUT2D eigenvalue weighted by Gasteiger charge is 2.27. The fourth-order valence-corrected chi connectivity index (χ4v) is 4.09. The summed E-state index contributed by atoms with van der Waals surface area (Å²) in [6.45, 7) is 20.9. The third-order valence-corrected chi connectivity index (χ3v) is 5.54. The summed E-state index contributed by atoms with van der Waals surface area (Å²) in [5.41, 5.74) is 3.07. The van der Waals surface area contributed by atoms with Crippen molar-refractivity contribution in [3.8, 4) is 11.4 Å². The molecule has 0 amide bonds. The maximum absolute atomic E-state index is 5.59. The van der Waals surface area contributed by atoms with Gasteiger partial charge >= 0.3 is 0 Å². The van der Waals surface area contributed by atoms with Crippen LogP contribution < -0.4 is 10.2 Å². The first-order valence-corrected chi connectivity index (χ1v) is 12.1. The van der Waals surface area contributed by atoms with Gasteiger partial charge in [0.2, 0.25) is 5.95 Å². The number of nitrogens with one attached hydrogen (secondary N) is 1. The number of anilines is 2. The van der Waals surface area contributed by atoms with Crippen molar-refractivity contribution >= 4 is 22.9 Å². The van der Waals surface area contributed by atoms with Gasteiger partial charge in [-0.1, -0.05) is 34.6 Å². The predicted octanol–water partition coefficient (Wildman–Crippen LogP) is 4.28. The Hall–Kier alpha value is -2.81. The largest absolute Gasteiger partial charge is 0.378 e. The molecule has 0 atom stereocenters. The first kappa shape index (κ1) is 24.3. The summed E-state index contributed by atoms with van der Waals surface area (Å²) >= 11 is 0. The van der Waals surface area contributed by atoms with Crippen molar-refractivity contribution in [2.75, 3.05) is 36.5 Å². The highest BCUT2D eigenvalue weighted by molar-refractivity contribution is 5.86. The third kappa shape index (κ3) is 5.29. The zero-order chi connectivity index (χ0) is 24.7. The van der Waals surface area contributed by atoms with Crippen LogP contribution in [0.3, 0.4) is 0 Å². The molecule has 0 aromatic carbocycles. The quantitative estimate of drug-likeness (QED) is 0.595. The van der Waals surface area contributed by atoms with Gasteiger partial charge in [0, 0.05) is 36.8 Å². The summed E-state index contributed by atoms with van der Waals surface area (Å²) in [6, 6.07) is 0. The average molecular weight is 467 g/mol. The van der Waals surface area contributed by atoms with Crippen LogP contribution >= 0.6 is 0 Å². The van der Waals surface area contributed by atoms with E-state index in [0.717, 1.165) is 47.9 Å². The van der Waals surface area contributed by atoms with Crippen molar-refractivity contribution in [2.24, 2.45) is 5.92 Å². The van der Waals surface area contributed by atoms with E-state index in [1.807, 2.05) is 12.5 Å². The molecule has 34 heavy (non-hydrogen) atoms. The number of rotatable bonds is 5. The lowest BCUT2D eigenvalue weighted by molar-refractivity contribution is 0.122. The van der Waals surface area contributed by atoms with Crippen LogP contribution in [0, 0.1) is 5.92 Å². The van der Waals surface area contributed by atoms with Crippen molar-refractivity contribution < 1.29 is 4.74 Å². The topological polar surface area (TPSA) is 93.9 Å². The molecule has 3 aromatic heterocycles. The number of imidazole rings is 1. The van der Waals surface area contributed by atoms with Gasteiger partial charge in [0.1, 0.15) is 0 Å². The molecule has 1 saturated heterocycles. The lowest BCUT2D eigenvalue weighted by atomic mass is 9.88. The SMILES string of the molecule is CC(C)Cn1cnc2c(N3CCOCC3)nc(-c3cnc(NC(C)(C)C)nc3C(C)(C)C)nc21. The van der Waals surface area contributed by atoms with Gasteiger partial charge in [-0.25, -0.2) is 24.9 Å². The second kappa shape index (κ2) is 9.09. The van der Waals surface area contributed by atoms with Gasteiger partial charge in [0.15, 0.2) is 22.8 Å². The summed E-state index contributed by atoms with van der Waals surface area (Å²) < 4.78 is 7.71. The molecule has 0 saturated carbocycles. The first-order valence-electron chi connectivity index (χ1n) is 12.1. The van der Waals surface area contributed by atoms with Gasteiger partial charge in [-0.2, -0.15) is 0 Å². The number of fused-ring (bicyclic) bond motifs is 1. The predicted molar refractivity (Wildman–Crippen MR) is 136 cm³/mol. The van der Waals surface area contributed by atoms with E-state index in [1.165, 1.54) is 0 Å². The van der Waals surface area contributed by atoms with Crippen LogP contribution in [0.15, 0.2) is 12.5 Å². The Morgan fingerprint density at radius 1 is 1.00 bits per heavy atom. The zero-order valence-corrected chi connectivity index (χ0v) is 21.8. The molecular formula is C25H38N8O. The monoisotopic (exact) mass is 466 g/mol. The van der Waals surface area contributed by atoms with E-state index >= 15 is 0 Å². The smallest absolute Gasteiger partial charge is 0.223 e. The first-order chi connectivity index (χ1) is 15.9. The maximum Gasteiger partial charge on any atom is 0.223 e. The molecule has 0 unspecified atom stereocenters. The van der Waals surface area contributed by atoms with Crippen molar-refractivity contribution in [2.45, 2.75) is 72.9 Å². The summed E-state index contributed by atoms with van der Waals surface area (Å²) in [6.07, 6.45) is 3.74. The van der Waals surface area contributed by atoms with Gasteiger partial charge in [0.05, 0.1) is 30.8 Å². The molecule has 9 nitrogen and oxygen atoms in total. The molecule has 0 radical (unpaired) electrons. The van der Waals surface area contributed by atoms with Crippen LogP contribution in [0.1, 0.15) is 61.1 Å². The van der Waals surface area contributed by atoms with Crippen LogP contribution in [0.25, 0.3) is 22.6 Å². The van der Waals surface area contributed by atoms with Crippen molar-refractivity contribution in [3.05, 3.63) is 18.2 Å². The van der Waals surface area contributed by atoms with E-state index in [2.05, 4.69) is 75.2 Å². The van der Waals surface area contributed by atoms with E-state index in [4.69, 9.17) is 24.7 Å². The lowest BCUT2D eigenvalue weighted by Crippen LogP contribution is -2.37. The van der Waals surface area contributed by atoms with Crippen molar-refractivity contribution in [1.82, 2.24) is 29.5 Å². The van der Waals surface area contributed by atoms with E-state index < -0.39 is 0 Å². The Labute approximate surface area is 202 Å². The fourth-order valence-electron chi connectivity index (χ4n) is 4.09. The zero-order valence-electron chi connectivity index (χ0n) is 21.8. The average Bonchev–Trinajstić information content (AvgIpc) is 3.14. The Kier molecular flexibility index (Phi) is 6.50. The second-order valence-electron chi connectivity index (χ2n) is 11.5. The number of ether oxygens (including phenoxy) is 1. The minimum atomic E-state index is -0.220. The third-order valence-electron chi connectivity index (χ3n) is 5.54. The molecule has 0 spiro atoms. The Balaban J connectivity index is 1.91. The molecule has 1 fully saturated rings. The van der Waals surface area contributed by atoms with Crippen LogP contribution in [0.5, 0.6) is 0 Å². The lowest BCUT2D eigenvalue weighted by Gasteiger charge is -2.28. The molecule has 1 N–H and O–H groups in total. The summed E-state index contributed by atoms with van der Waals surface area (Å²) in [4.78, 5) is 26.6.